The van der Waals surface area contributed by atoms with Gasteiger partial charge < -0.3 is 16.0 Å². The van der Waals surface area contributed by atoms with Gasteiger partial charge in [0.25, 0.3) is 0 Å². The summed E-state index contributed by atoms with van der Waals surface area (Å²) in [7, 11) is 0. The van der Waals surface area contributed by atoms with Gasteiger partial charge in [-0.25, -0.2) is 0 Å². The molecule has 1 saturated carbocycles. The Morgan fingerprint density at radius 2 is 2.26 bits per heavy atom. The first-order valence-corrected chi connectivity index (χ1v) is 7.39. The molecule has 1 aliphatic heterocycles. The van der Waals surface area contributed by atoms with Crippen molar-refractivity contribution in [3.63, 3.8) is 0 Å². The van der Waals surface area contributed by atoms with E-state index < -0.39 is 0 Å². The van der Waals surface area contributed by atoms with Gasteiger partial charge in [0.1, 0.15) is 0 Å². The first-order chi connectivity index (χ1) is 9.06. The minimum atomic E-state index is 0.300. The van der Waals surface area contributed by atoms with Crippen LogP contribution in [-0.4, -0.2) is 42.4 Å². The van der Waals surface area contributed by atoms with Crippen LogP contribution in [-0.2, 0) is 4.79 Å². The van der Waals surface area contributed by atoms with Crippen LogP contribution < -0.4 is 11.1 Å². The number of hydrogen-bond acceptors (Lipinski definition) is 2. The Kier molecular flexibility index (Phi) is 4.66. The molecular formula is C14H26N4O. The van der Waals surface area contributed by atoms with Crippen LogP contribution in [0.4, 0.5) is 0 Å². The second-order valence-corrected chi connectivity index (χ2v) is 6.18. The van der Waals surface area contributed by atoms with Gasteiger partial charge in [-0.3, -0.25) is 9.79 Å². The molecule has 1 aliphatic carbocycles. The smallest absolute Gasteiger partial charge is 0.223 e. The summed E-state index contributed by atoms with van der Waals surface area (Å²) in [5, 5.41) is 3.12. The Labute approximate surface area is 115 Å². The molecule has 2 fully saturated rings. The second-order valence-electron chi connectivity index (χ2n) is 6.18. The standard InChI is InChI=1S/C14H26N4O/c1-10(2)5-6-16-14(15)17-8-11-7-13(19)18(9-11)12-3-4-12/h10-12H,3-9H2,1-2H3,(H3,15,16,17). The van der Waals surface area contributed by atoms with Crippen LogP contribution in [0.1, 0.15) is 39.5 Å². The molecule has 19 heavy (non-hydrogen) atoms. The summed E-state index contributed by atoms with van der Waals surface area (Å²) in [5.41, 5.74) is 5.82. The Balaban J connectivity index is 1.68. The molecule has 2 rings (SSSR count). The van der Waals surface area contributed by atoms with E-state index in [0.717, 1.165) is 19.5 Å². The van der Waals surface area contributed by atoms with Crippen molar-refractivity contribution in [2.24, 2.45) is 22.6 Å². The highest BCUT2D eigenvalue weighted by Crippen LogP contribution is 2.32. The zero-order chi connectivity index (χ0) is 13.8. The molecule has 5 heteroatoms. The predicted octanol–water partition coefficient (Wildman–Crippen LogP) is 0.948. The molecule has 1 saturated heterocycles. The molecule has 3 N–H and O–H groups in total. The van der Waals surface area contributed by atoms with E-state index >= 15 is 0 Å². The lowest BCUT2D eigenvalue weighted by atomic mass is 10.1. The largest absolute Gasteiger partial charge is 0.370 e. The van der Waals surface area contributed by atoms with E-state index in [1.165, 1.54) is 12.8 Å². The summed E-state index contributed by atoms with van der Waals surface area (Å²) in [6, 6.07) is 0.531. The van der Waals surface area contributed by atoms with Gasteiger partial charge in [-0.15, -0.1) is 0 Å². The first-order valence-electron chi connectivity index (χ1n) is 7.39. The molecule has 0 aromatic heterocycles. The Hall–Kier alpha value is -1.26. The molecule has 1 unspecified atom stereocenters. The number of nitrogens with one attached hydrogen (secondary N) is 1. The first kappa shape index (κ1) is 14.2. The van der Waals surface area contributed by atoms with E-state index in [1.807, 2.05) is 4.90 Å². The fourth-order valence-corrected chi connectivity index (χ4v) is 2.44. The molecule has 2 aliphatic rings. The fourth-order valence-electron chi connectivity index (χ4n) is 2.44. The molecule has 0 radical (unpaired) electrons. The van der Waals surface area contributed by atoms with Gasteiger partial charge in [0, 0.05) is 38.0 Å². The number of carbonyl (C=O) groups excluding carboxylic acids is 1. The summed E-state index contributed by atoms with van der Waals surface area (Å²) in [5.74, 6) is 1.82. The third-order valence-electron chi connectivity index (χ3n) is 3.77. The lowest BCUT2D eigenvalue weighted by molar-refractivity contribution is -0.128. The predicted molar refractivity (Wildman–Crippen MR) is 76.8 cm³/mol. The Morgan fingerprint density at radius 1 is 1.53 bits per heavy atom. The monoisotopic (exact) mass is 266 g/mol. The number of nitrogens with two attached hydrogens (primary N) is 1. The SMILES string of the molecule is CC(C)CCNC(N)=NCC1CC(=O)N(C2CC2)C1. The van der Waals surface area contributed by atoms with Crippen LogP contribution in [0.3, 0.4) is 0 Å². The number of nitrogens with zero attached hydrogens (tertiary/aromatic N) is 2. The van der Waals surface area contributed by atoms with Gasteiger partial charge in [-0.1, -0.05) is 13.8 Å². The van der Waals surface area contributed by atoms with Crippen LogP contribution in [0.2, 0.25) is 0 Å². The van der Waals surface area contributed by atoms with E-state index in [0.29, 0.717) is 42.7 Å². The highest BCUT2D eigenvalue weighted by Gasteiger charge is 2.38. The van der Waals surface area contributed by atoms with E-state index in [2.05, 4.69) is 24.2 Å². The highest BCUT2D eigenvalue weighted by atomic mass is 16.2. The van der Waals surface area contributed by atoms with Crippen LogP contribution in [0, 0.1) is 11.8 Å². The van der Waals surface area contributed by atoms with Crippen molar-refractivity contribution < 1.29 is 4.79 Å². The maximum absolute atomic E-state index is 11.8. The van der Waals surface area contributed by atoms with E-state index in [-0.39, 0.29) is 0 Å². The van der Waals surface area contributed by atoms with Crippen LogP contribution >= 0.6 is 0 Å². The van der Waals surface area contributed by atoms with Crippen molar-refractivity contribution >= 4 is 11.9 Å². The fraction of sp³-hybridized carbons (Fsp3) is 0.857. The lowest BCUT2D eigenvalue weighted by Gasteiger charge is -2.14. The van der Waals surface area contributed by atoms with Crippen molar-refractivity contribution in [2.45, 2.75) is 45.6 Å². The molecule has 0 aromatic carbocycles. The van der Waals surface area contributed by atoms with Crippen LogP contribution in [0.15, 0.2) is 4.99 Å². The maximum Gasteiger partial charge on any atom is 0.223 e. The third-order valence-corrected chi connectivity index (χ3v) is 3.77. The molecule has 1 amide bonds. The molecule has 108 valence electrons. The van der Waals surface area contributed by atoms with E-state index in [1.54, 1.807) is 0 Å². The average molecular weight is 266 g/mol. The van der Waals surface area contributed by atoms with Crippen molar-refractivity contribution in [3.05, 3.63) is 0 Å². The maximum atomic E-state index is 11.8. The molecule has 0 aromatic rings. The lowest BCUT2D eigenvalue weighted by Crippen LogP contribution is -2.33. The third kappa shape index (κ3) is 4.40. The van der Waals surface area contributed by atoms with E-state index in [4.69, 9.17) is 5.73 Å². The van der Waals surface area contributed by atoms with Gasteiger partial charge in [0.2, 0.25) is 5.91 Å². The quantitative estimate of drug-likeness (QED) is 0.555. The van der Waals surface area contributed by atoms with Gasteiger partial charge in [0.05, 0.1) is 0 Å². The normalized spacial score (nSPS) is 24.4. The number of amides is 1. The zero-order valence-electron chi connectivity index (χ0n) is 12.1. The summed E-state index contributed by atoms with van der Waals surface area (Å²) in [6.07, 6.45) is 4.09. The van der Waals surface area contributed by atoms with Crippen molar-refractivity contribution in [3.8, 4) is 0 Å². The molecular weight excluding hydrogens is 240 g/mol. The molecule has 1 atom stereocenters. The number of hydrogen-bond donors (Lipinski definition) is 2. The summed E-state index contributed by atoms with van der Waals surface area (Å²) >= 11 is 0. The molecule has 1 heterocycles. The topological polar surface area (TPSA) is 70.7 Å². The number of likely N-dealkylation sites (tertiary alicyclic amines) is 1. The minimum Gasteiger partial charge on any atom is -0.370 e. The van der Waals surface area contributed by atoms with Crippen molar-refractivity contribution in [1.29, 1.82) is 0 Å². The van der Waals surface area contributed by atoms with Gasteiger partial charge in [0.15, 0.2) is 5.96 Å². The number of carbonyl (C=O) groups is 1. The molecule has 0 bridgehead atoms. The summed E-state index contributed by atoms with van der Waals surface area (Å²) < 4.78 is 0. The van der Waals surface area contributed by atoms with Crippen LogP contribution in [0.25, 0.3) is 0 Å². The number of guanidine groups is 1. The minimum absolute atomic E-state index is 0.300. The Morgan fingerprint density at radius 3 is 2.89 bits per heavy atom. The van der Waals surface area contributed by atoms with Gasteiger partial charge >= 0.3 is 0 Å². The molecule has 5 nitrogen and oxygen atoms in total. The van der Waals surface area contributed by atoms with Crippen molar-refractivity contribution in [2.75, 3.05) is 19.6 Å². The van der Waals surface area contributed by atoms with Gasteiger partial charge in [-0.2, -0.15) is 0 Å². The Bertz CT molecular complexity index is 349. The zero-order valence-corrected chi connectivity index (χ0v) is 12.1. The molecule has 0 spiro atoms. The summed E-state index contributed by atoms with van der Waals surface area (Å²) in [6.45, 7) is 6.77. The van der Waals surface area contributed by atoms with Gasteiger partial charge in [-0.05, 0) is 25.2 Å². The average Bonchev–Trinajstić information content (AvgIpc) is 3.10. The van der Waals surface area contributed by atoms with E-state index in [9.17, 15) is 4.79 Å². The van der Waals surface area contributed by atoms with Crippen molar-refractivity contribution in [1.82, 2.24) is 10.2 Å². The van der Waals surface area contributed by atoms with Crippen LogP contribution in [0.5, 0.6) is 0 Å². The second kappa shape index (κ2) is 6.26. The number of aliphatic imine (C=N–C) groups is 1. The number of rotatable bonds is 6. The summed E-state index contributed by atoms with van der Waals surface area (Å²) in [4.78, 5) is 18.2. The highest BCUT2D eigenvalue weighted by molar-refractivity contribution is 5.80.